The Hall–Kier alpha value is -1.50. The van der Waals surface area contributed by atoms with Crippen LogP contribution in [0.25, 0.3) is 0 Å². The van der Waals surface area contributed by atoms with Crippen molar-refractivity contribution in [1.29, 1.82) is 0 Å². The molecular weight excluding hydrogens is 296 g/mol. The fourth-order valence-electron chi connectivity index (χ4n) is 2.19. The number of methoxy groups -OCH3 is 2. The van der Waals surface area contributed by atoms with Crippen LogP contribution in [0, 0.1) is 5.92 Å². The molecule has 1 aromatic rings. The van der Waals surface area contributed by atoms with Crippen molar-refractivity contribution in [2.45, 2.75) is 6.10 Å². The highest BCUT2D eigenvalue weighted by Crippen LogP contribution is 2.22. The Bertz CT molecular complexity index is 462. The van der Waals surface area contributed by atoms with Gasteiger partial charge in [0.1, 0.15) is 11.5 Å². The summed E-state index contributed by atoms with van der Waals surface area (Å²) in [6.45, 7) is 1.73. The second-order valence-corrected chi connectivity index (χ2v) is 4.80. The molecule has 7 heteroatoms. The molecule has 2 atom stereocenters. The van der Waals surface area contributed by atoms with Gasteiger partial charge >= 0.3 is 0 Å². The molecular formula is C14H21ClN2O4. The lowest BCUT2D eigenvalue weighted by Crippen LogP contribution is -2.34. The van der Waals surface area contributed by atoms with Gasteiger partial charge in [-0.1, -0.05) is 0 Å². The molecule has 1 saturated heterocycles. The number of carbonyl (C=O) groups excluding carboxylic acids is 1. The van der Waals surface area contributed by atoms with E-state index in [4.69, 9.17) is 9.47 Å². The van der Waals surface area contributed by atoms with Gasteiger partial charge in [-0.25, -0.2) is 0 Å². The minimum absolute atomic E-state index is 0. The number of ether oxygens (including phenoxy) is 2. The normalized spacial score (nSPS) is 20.5. The molecule has 0 bridgehead atoms. The molecule has 118 valence electrons. The van der Waals surface area contributed by atoms with E-state index in [0.717, 1.165) is 0 Å². The Balaban J connectivity index is 0.00000220. The molecule has 6 nitrogen and oxygen atoms in total. The maximum atomic E-state index is 12.1. The predicted octanol–water partition coefficient (Wildman–Crippen LogP) is 0.436. The maximum absolute atomic E-state index is 12.1. The van der Waals surface area contributed by atoms with E-state index in [1.54, 1.807) is 18.2 Å². The van der Waals surface area contributed by atoms with Crippen LogP contribution in [0.3, 0.4) is 0 Å². The number of halogens is 1. The van der Waals surface area contributed by atoms with Gasteiger partial charge in [0.2, 0.25) is 0 Å². The third kappa shape index (κ3) is 4.49. The Morgan fingerprint density at radius 1 is 1.29 bits per heavy atom. The van der Waals surface area contributed by atoms with Crippen molar-refractivity contribution in [3.8, 4) is 11.5 Å². The molecule has 2 rings (SSSR count). The van der Waals surface area contributed by atoms with E-state index < -0.39 is 6.10 Å². The van der Waals surface area contributed by atoms with Crippen LogP contribution in [0.2, 0.25) is 0 Å². The van der Waals surface area contributed by atoms with Gasteiger partial charge < -0.3 is 25.2 Å². The highest BCUT2D eigenvalue weighted by Gasteiger charge is 2.25. The van der Waals surface area contributed by atoms with E-state index >= 15 is 0 Å². The first kappa shape index (κ1) is 17.6. The molecule has 0 aromatic heterocycles. The van der Waals surface area contributed by atoms with Crippen LogP contribution in [0.4, 0.5) is 0 Å². The Morgan fingerprint density at radius 3 is 2.38 bits per heavy atom. The second kappa shape index (κ2) is 8.07. The van der Waals surface area contributed by atoms with E-state index in [1.807, 2.05) is 0 Å². The van der Waals surface area contributed by atoms with E-state index in [0.29, 0.717) is 36.7 Å². The third-order valence-corrected chi connectivity index (χ3v) is 3.44. The molecule has 1 aliphatic heterocycles. The topological polar surface area (TPSA) is 79.8 Å². The van der Waals surface area contributed by atoms with Gasteiger partial charge in [-0.05, 0) is 12.1 Å². The zero-order valence-corrected chi connectivity index (χ0v) is 12.9. The SMILES string of the molecule is COc1cc(OC)cc(C(=O)NCC2CNCC2O)c1.Cl. The van der Waals surface area contributed by atoms with Crippen LogP contribution >= 0.6 is 12.4 Å². The first-order valence-corrected chi connectivity index (χ1v) is 6.54. The Morgan fingerprint density at radius 2 is 1.90 bits per heavy atom. The van der Waals surface area contributed by atoms with E-state index in [2.05, 4.69) is 10.6 Å². The maximum Gasteiger partial charge on any atom is 0.251 e. The molecule has 0 spiro atoms. The summed E-state index contributed by atoms with van der Waals surface area (Å²) in [6, 6.07) is 5.02. The summed E-state index contributed by atoms with van der Waals surface area (Å²) < 4.78 is 10.3. The lowest BCUT2D eigenvalue weighted by atomic mass is 10.1. The summed E-state index contributed by atoms with van der Waals surface area (Å²) in [5.41, 5.74) is 0.474. The minimum Gasteiger partial charge on any atom is -0.497 e. The van der Waals surface area contributed by atoms with Crippen LogP contribution in [0.1, 0.15) is 10.4 Å². The molecule has 21 heavy (non-hydrogen) atoms. The van der Waals surface area contributed by atoms with Gasteiger partial charge in [-0.15, -0.1) is 12.4 Å². The van der Waals surface area contributed by atoms with Crippen LogP contribution in [0.15, 0.2) is 18.2 Å². The molecule has 0 saturated carbocycles. The number of aliphatic hydroxyl groups is 1. The van der Waals surface area contributed by atoms with Gasteiger partial charge in [0.05, 0.1) is 20.3 Å². The summed E-state index contributed by atoms with van der Waals surface area (Å²) in [5.74, 6) is 0.974. The molecule has 3 N–H and O–H groups in total. The summed E-state index contributed by atoms with van der Waals surface area (Å²) in [6.07, 6.45) is -0.407. The van der Waals surface area contributed by atoms with Gasteiger partial charge in [0, 0.05) is 37.2 Å². The molecule has 1 heterocycles. The number of nitrogens with one attached hydrogen (secondary N) is 2. The summed E-state index contributed by atoms with van der Waals surface area (Å²) >= 11 is 0. The van der Waals surface area contributed by atoms with E-state index in [1.165, 1.54) is 14.2 Å². The van der Waals surface area contributed by atoms with Crippen molar-refractivity contribution >= 4 is 18.3 Å². The molecule has 1 aromatic carbocycles. The Kier molecular flexibility index (Phi) is 6.74. The van der Waals surface area contributed by atoms with Gasteiger partial charge in [-0.2, -0.15) is 0 Å². The van der Waals surface area contributed by atoms with Crippen molar-refractivity contribution in [3.05, 3.63) is 23.8 Å². The minimum atomic E-state index is -0.407. The largest absolute Gasteiger partial charge is 0.497 e. The van der Waals surface area contributed by atoms with Crippen molar-refractivity contribution in [2.75, 3.05) is 33.9 Å². The molecule has 1 fully saturated rings. The van der Waals surface area contributed by atoms with Gasteiger partial charge in [0.15, 0.2) is 0 Å². The molecule has 0 aliphatic carbocycles. The zero-order valence-electron chi connectivity index (χ0n) is 12.1. The van der Waals surface area contributed by atoms with Crippen molar-refractivity contribution in [3.63, 3.8) is 0 Å². The lowest BCUT2D eigenvalue weighted by molar-refractivity contribution is 0.0926. The standard InChI is InChI=1S/C14H20N2O4.ClH/c1-19-11-3-9(4-12(5-11)20-2)14(18)16-7-10-6-15-8-13(10)17;/h3-5,10,13,15,17H,6-8H2,1-2H3,(H,16,18);1H. The first-order chi connectivity index (χ1) is 9.63. The van der Waals surface area contributed by atoms with Crippen LogP contribution < -0.4 is 20.1 Å². The first-order valence-electron chi connectivity index (χ1n) is 6.54. The van der Waals surface area contributed by atoms with Crippen molar-refractivity contribution in [1.82, 2.24) is 10.6 Å². The van der Waals surface area contributed by atoms with E-state index in [-0.39, 0.29) is 24.2 Å². The fourth-order valence-corrected chi connectivity index (χ4v) is 2.19. The van der Waals surface area contributed by atoms with Crippen LogP contribution in [0.5, 0.6) is 11.5 Å². The monoisotopic (exact) mass is 316 g/mol. The quantitative estimate of drug-likeness (QED) is 0.734. The highest BCUT2D eigenvalue weighted by molar-refractivity contribution is 5.95. The number of amides is 1. The second-order valence-electron chi connectivity index (χ2n) is 4.80. The molecule has 2 unspecified atom stereocenters. The number of hydrogen-bond donors (Lipinski definition) is 3. The van der Waals surface area contributed by atoms with Gasteiger partial charge in [0.25, 0.3) is 5.91 Å². The number of hydrogen-bond acceptors (Lipinski definition) is 5. The lowest BCUT2D eigenvalue weighted by Gasteiger charge is -2.14. The van der Waals surface area contributed by atoms with Gasteiger partial charge in [-0.3, -0.25) is 4.79 Å². The van der Waals surface area contributed by atoms with E-state index in [9.17, 15) is 9.90 Å². The van der Waals surface area contributed by atoms with Crippen molar-refractivity contribution in [2.24, 2.45) is 5.92 Å². The third-order valence-electron chi connectivity index (χ3n) is 3.44. The highest BCUT2D eigenvalue weighted by atomic mass is 35.5. The number of benzene rings is 1. The Labute approximate surface area is 130 Å². The number of aliphatic hydroxyl groups excluding tert-OH is 1. The zero-order chi connectivity index (χ0) is 14.5. The molecule has 1 amide bonds. The van der Waals surface area contributed by atoms with Crippen LogP contribution in [-0.4, -0.2) is 51.0 Å². The van der Waals surface area contributed by atoms with Crippen LogP contribution in [-0.2, 0) is 0 Å². The number of carbonyl (C=O) groups is 1. The summed E-state index contributed by atoms with van der Waals surface area (Å²) in [4.78, 5) is 12.1. The van der Waals surface area contributed by atoms with Crippen molar-refractivity contribution < 1.29 is 19.4 Å². The summed E-state index contributed by atoms with van der Waals surface area (Å²) in [5, 5.41) is 15.6. The molecule has 1 aliphatic rings. The fraction of sp³-hybridized carbons (Fsp3) is 0.500. The smallest absolute Gasteiger partial charge is 0.251 e. The number of rotatable bonds is 5. The average molecular weight is 317 g/mol. The summed E-state index contributed by atoms with van der Waals surface area (Å²) in [7, 11) is 3.08. The average Bonchev–Trinajstić information content (AvgIpc) is 2.89. The number of β-amino-alcohol motifs (C(OH)–C–C–N with tert-alkyl or cyclic N) is 1. The molecule has 0 radical (unpaired) electrons. The predicted molar refractivity (Wildman–Crippen MR) is 81.5 cm³/mol.